The van der Waals surface area contributed by atoms with E-state index in [1.165, 1.54) is 0 Å². The van der Waals surface area contributed by atoms with Gasteiger partial charge in [0.2, 0.25) is 0 Å². The summed E-state index contributed by atoms with van der Waals surface area (Å²) in [4.78, 5) is 46.1. The Bertz CT molecular complexity index is 1170. The highest BCUT2D eigenvalue weighted by Gasteiger charge is 2.59. The third-order valence-corrected chi connectivity index (χ3v) is 11.5. The Labute approximate surface area is 287 Å². The fourth-order valence-electron chi connectivity index (χ4n) is 8.84. The summed E-state index contributed by atoms with van der Waals surface area (Å²) in [5.74, 6) is -1.40. The summed E-state index contributed by atoms with van der Waals surface area (Å²) in [5, 5.41) is 14.5. The van der Waals surface area contributed by atoms with E-state index >= 15 is 0 Å². The van der Waals surface area contributed by atoms with Crippen LogP contribution in [0, 0.1) is 23.2 Å². The standard InChI is InChI=1S/C36H63N3O9/c1-13-26-36(10)28(37-33(43)48-36)24(7)39(18-20(2)3)19-21(4)17-35(9)30(47-31-27(40)25(38(11)12)16-22(5)45-31)23(6)29(41)34(8,14-15-44-35)32(42)46-26/h20-28,30-31,40H,13-19H2,1-12H3,(H,37,43)/t21-,22?,23+,24-,25?,26-,27?,28-,30-,31+,34+,35+,36-/m1/s1. The summed E-state index contributed by atoms with van der Waals surface area (Å²) < 4.78 is 31.9. The number of rotatable bonds is 6. The average Bonchev–Trinajstić information content (AvgIpc) is 3.31. The third kappa shape index (κ3) is 7.59. The molecule has 5 aliphatic rings. The number of nitrogens with one attached hydrogen (secondary N) is 1. The van der Waals surface area contributed by atoms with Crippen LogP contribution in [0.3, 0.4) is 0 Å². The lowest BCUT2D eigenvalue weighted by molar-refractivity contribution is -0.300. The maximum Gasteiger partial charge on any atom is 0.408 e. The number of amides is 1. The predicted octanol–water partition coefficient (Wildman–Crippen LogP) is 3.76. The fraction of sp³-hybridized carbons (Fsp3) is 0.917. The van der Waals surface area contributed by atoms with E-state index in [0.717, 1.165) is 6.54 Å². The molecule has 5 fully saturated rings. The molecular weight excluding hydrogens is 618 g/mol. The molecule has 5 saturated heterocycles. The molecule has 2 N–H and O–H groups in total. The Hall–Kier alpha value is -1.83. The number of aliphatic hydroxyl groups is 1. The molecule has 2 bridgehead atoms. The minimum Gasteiger partial charge on any atom is -0.457 e. The summed E-state index contributed by atoms with van der Waals surface area (Å²) in [6.07, 6.45) is -2.66. The van der Waals surface area contributed by atoms with E-state index < -0.39 is 65.2 Å². The van der Waals surface area contributed by atoms with Crippen LogP contribution in [0.2, 0.25) is 0 Å². The normalized spacial score (nSPS) is 45.2. The number of ketones is 1. The van der Waals surface area contributed by atoms with Crippen LogP contribution in [-0.2, 0) is 33.3 Å². The highest BCUT2D eigenvalue weighted by molar-refractivity contribution is 6.04. The first-order valence-corrected chi connectivity index (χ1v) is 18.1. The van der Waals surface area contributed by atoms with Crippen molar-refractivity contribution in [3.63, 3.8) is 0 Å². The molecule has 12 heteroatoms. The fourth-order valence-corrected chi connectivity index (χ4v) is 8.84. The number of carbonyl (C=O) groups excluding carboxylic acids is 3. The number of hydrogen-bond acceptors (Lipinski definition) is 11. The van der Waals surface area contributed by atoms with Gasteiger partial charge in [-0.3, -0.25) is 14.5 Å². The highest BCUT2D eigenvalue weighted by Crippen LogP contribution is 2.43. The largest absolute Gasteiger partial charge is 0.457 e. The molecule has 48 heavy (non-hydrogen) atoms. The minimum absolute atomic E-state index is 0.0651. The zero-order chi connectivity index (χ0) is 35.9. The van der Waals surface area contributed by atoms with Crippen molar-refractivity contribution >= 4 is 17.8 Å². The van der Waals surface area contributed by atoms with Crippen LogP contribution in [0.25, 0.3) is 0 Å². The number of ether oxygens (including phenoxy) is 5. The number of aliphatic hydroxyl groups excluding tert-OH is 1. The summed E-state index contributed by atoms with van der Waals surface area (Å²) in [6.45, 7) is 21.2. The average molecular weight is 682 g/mol. The molecule has 0 aromatic heterocycles. The molecule has 276 valence electrons. The molecule has 5 aliphatic heterocycles. The van der Waals surface area contributed by atoms with Crippen LogP contribution in [0.15, 0.2) is 0 Å². The van der Waals surface area contributed by atoms with Gasteiger partial charge in [-0.25, -0.2) is 4.79 Å². The van der Waals surface area contributed by atoms with Crippen molar-refractivity contribution in [1.29, 1.82) is 0 Å². The number of fused-ring (bicyclic) bond motifs is 10. The first-order chi connectivity index (χ1) is 22.3. The molecule has 0 aromatic carbocycles. The Morgan fingerprint density at radius 2 is 1.77 bits per heavy atom. The van der Waals surface area contributed by atoms with Gasteiger partial charge < -0.3 is 39.0 Å². The third-order valence-electron chi connectivity index (χ3n) is 11.5. The summed E-state index contributed by atoms with van der Waals surface area (Å²) in [5.41, 5.74) is -3.68. The highest BCUT2D eigenvalue weighted by atomic mass is 16.7. The predicted molar refractivity (Wildman–Crippen MR) is 180 cm³/mol. The molecule has 0 aliphatic carbocycles. The number of Topliss-reactive ketones (excluding diaryl/α,β-unsaturated/α-hetero) is 1. The molecule has 0 spiro atoms. The summed E-state index contributed by atoms with van der Waals surface area (Å²) in [7, 11) is 3.84. The van der Waals surface area contributed by atoms with Gasteiger partial charge in [0.05, 0.1) is 23.9 Å². The van der Waals surface area contributed by atoms with Gasteiger partial charge in [-0.1, -0.05) is 34.6 Å². The van der Waals surface area contributed by atoms with Crippen LogP contribution in [0.1, 0.15) is 94.9 Å². The van der Waals surface area contributed by atoms with Gasteiger partial charge in [0.15, 0.2) is 17.7 Å². The monoisotopic (exact) mass is 681 g/mol. The molecule has 1 amide bonds. The maximum absolute atomic E-state index is 14.6. The van der Waals surface area contributed by atoms with Crippen molar-refractivity contribution < 1.29 is 43.2 Å². The number of hydrogen-bond donors (Lipinski definition) is 2. The first kappa shape index (κ1) is 39.0. The molecule has 0 saturated carbocycles. The quantitative estimate of drug-likeness (QED) is 0.313. The molecule has 3 unspecified atom stereocenters. The van der Waals surface area contributed by atoms with Crippen molar-refractivity contribution in [2.45, 2.75) is 155 Å². The summed E-state index contributed by atoms with van der Waals surface area (Å²) in [6, 6.07) is -0.845. The van der Waals surface area contributed by atoms with Crippen molar-refractivity contribution in [3.05, 3.63) is 0 Å². The van der Waals surface area contributed by atoms with E-state index in [2.05, 4.69) is 37.9 Å². The zero-order valence-corrected chi connectivity index (χ0v) is 31.4. The number of carbonyl (C=O) groups is 3. The SMILES string of the molecule is CC[C@H]1OC(=O)[C@@]2(C)CCO[C@@](C)(C[C@@H](C)CN(CC(C)C)[C@H](C)[C@H]3NC(=O)O[C@@]31C)[C@H](O[C@@H]1OC(C)CC(N(C)C)C1O)[C@@H](C)C2=O. The van der Waals surface area contributed by atoms with Crippen molar-refractivity contribution in [2.75, 3.05) is 33.8 Å². The van der Waals surface area contributed by atoms with Crippen LogP contribution in [-0.4, -0.2) is 127 Å². The van der Waals surface area contributed by atoms with Gasteiger partial charge in [-0.2, -0.15) is 0 Å². The van der Waals surface area contributed by atoms with Crippen LogP contribution >= 0.6 is 0 Å². The number of nitrogens with zero attached hydrogens (tertiary/aromatic N) is 2. The number of likely N-dealkylation sites (N-methyl/N-ethyl adjacent to an activating group) is 1. The van der Waals surface area contributed by atoms with Gasteiger partial charge >= 0.3 is 12.1 Å². The van der Waals surface area contributed by atoms with E-state index in [-0.39, 0.29) is 42.9 Å². The van der Waals surface area contributed by atoms with Crippen molar-refractivity contribution in [1.82, 2.24) is 15.1 Å². The van der Waals surface area contributed by atoms with E-state index in [9.17, 15) is 19.5 Å². The first-order valence-electron chi connectivity index (χ1n) is 18.1. The van der Waals surface area contributed by atoms with Crippen molar-refractivity contribution in [3.8, 4) is 0 Å². The van der Waals surface area contributed by atoms with E-state index in [4.69, 9.17) is 23.7 Å². The number of alkyl carbamates (subject to hydrolysis) is 1. The van der Waals surface area contributed by atoms with Crippen LogP contribution in [0.5, 0.6) is 0 Å². The second kappa shape index (κ2) is 14.8. The Kier molecular flexibility index (Phi) is 12.0. The van der Waals surface area contributed by atoms with Gasteiger partial charge in [0.25, 0.3) is 0 Å². The number of esters is 1. The molecule has 5 heterocycles. The maximum atomic E-state index is 14.6. The van der Waals surface area contributed by atoms with Crippen LogP contribution in [0.4, 0.5) is 4.79 Å². The Morgan fingerprint density at radius 1 is 1.10 bits per heavy atom. The smallest absolute Gasteiger partial charge is 0.408 e. The lowest BCUT2D eigenvalue weighted by Crippen LogP contribution is -2.61. The lowest BCUT2D eigenvalue weighted by Gasteiger charge is -2.49. The van der Waals surface area contributed by atoms with Gasteiger partial charge in [0, 0.05) is 37.7 Å². The second-order valence-corrected chi connectivity index (χ2v) is 16.4. The van der Waals surface area contributed by atoms with Gasteiger partial charge in [0.1, 0.15) is 17.6 Å². The van der Waals surface area contributed by atoms with E-state index in [1.807, 2.05) is 46.7 Å². The molecule has 13 atom stereocenters. The molecule has 5 rings (SSSR count). The van der Waals surface area contributed by atoms with Crippen LogP contribution < -0.4 is 5.32 Å². The molecule has 0 radical (unpaired) electrons. The zero-order valence-electron chi connectivity index (χ0n) is 31.4. The topological polar surface area (TPSA) is 136 Å². The molecule has 0 aromatic rings. The van der Waals surface area contributed by atoms with Gasteiger partial charge in [-0.15, -0.1) is 0 Å². The van der Waals surface area contributed by atoms with E-state index in [0.29, 0.717) is 31.7 Å². The van der Waals surface area contributed by atoms with Crippen molar-refractivity contribution in [2.24, 2.45) is 23.2 Å². The minimum atomic E-state index is -1.55. The lowest BCUT2D eigenvalue weighted by atomic mass is 9.70. The second-order valence-electron chi connectivity index (χ2n) is 16.4. The van der Waals surface area contributed by atoms with Gasteiger partial charge in [-0.05, 0) is 86.2 Å². The Balaban J connectivity index is 1.82. The Morgan fingerprint density at radius 3 is 2.38 bits per heavy atom. The summed E-state index contributed by atoms with van der Waals surface area (Å²) >= 11 is 0. The molecular formula is C36H63N3O9. The van der Waals surface area contributed by atoms with E-state index in [1.54, 1.807) is 13.8 Å². The molecule has 12 nitrogen and oxygen atoms in total.